The smallest absolute Gasteiger partial charge is 0.123 e. The number of halogens is 1. The molecular formula is C18H24FN3O. The molecule has 1 fully saturated rings. The van der Waals surface area contributed by atoms with E-state index in [1.54, 1.807) is 18.3 Å². The predicted octanol–water partition coefficient (Wildman–Crippen LogP) is 2.75. The number of hydrogen-bond acceptors (Lipinski definition) is 3. The summed E-state index contributed by atoms with van der Waals surface area (Å²) in [5.74, 6) is -0.167. The first kappa shape index (κ1) is 16.1. The van der Waals surface area contributed by atoms with Crippen LogP contribution in [0.3, 0.4) is 0 Å². The monoisotopic (exact) mass is 317 g/mol. The van der Waals surface area contributed by atoms with E-state index in [4.69, 9.17) is 4.74 Å². The Morgan fingerprint density at radius 2 is 2.22 bits per heavy atom. The predicted molar refractivity (Wildman–Crippen MR) is 87.8 cm³/mol. The van der Waals surface area contributed by atoms with Gasteiger partial charge < -0.3 is 14.6 Å². The van der Waals surface area contributed by atoms with E-state index in [1.807, 2.05) is 18.6 Å². The van der Waals surface area contributed by atoms with E-state index >= 15 is 0 Å². The maximum atomic E-state index is 13.7. The van der Waals surface area contributed by atoms with Gasteiger partial charge in [-0.05, 0) is 37.5 Å². The molecule has 0 unspecified atom stereocenters. The average Bonchev–Trinajstić information content (AvgIpc) is 3.07. The van der Waals surface area contributed by atoms with Gasteiger partial charge in [0, 0.05) is 50.2 Å². The minimum atomic E-state index is -0.167. The summed E-state index contributed by atoms with van der Waals surface area (Å²) in [5, 5.41) is 3.62. The van der Waals surface area contributed by atoms with Crippen molar-refractivity contribution in [2.45, 2.75) is 37.8 Å². The molecule has 23 heavy (non-hydrogen) atoms. The molecule has 0 spiro atoms. The van der Waals surface area contributed by atoms with Crippen LogP contribution in [0, 0.1) is 5.82 Å². The van der Waals surface area contributed by atoms with Crippen LogP contribution in [0.2, 0.25) is 0 Å². The molecule has 1 saturated heterocycles. The molecule has 1 N–H and O–H groups in total. The lowest BCUT2D eigenvalue weighted by atomic mass is 9.74. The van der Waals surface area contributed by atoms with Crippen molar-refractivity contribution in [3.8, 4) is 0 Å². The fourth-order valence-corrected chi connectivity index (χ4v) is 3.29. The third kappa shape index (κ3) is 3.98. The number of imidazole rings is 1. The van der Waals surface area contributed by atoms with Crippen molar-refractivity contribution in [2.24, 2.45) is 0 Å². The number of rotatable bonds is 6. The van der Waals surface area contributed by atoms with Gasteiger partial charge in [-0.15, -0.1) is 0 Å². The molecule has 0 bridgehead atoms. The Morgan fingerprint density at radius 3 is 2.91 bits per heavy atom. The van der Waals surface area contributed by atoms with Crippen LogP contribution >= 0.6 is 0 Å². The SMILES string of the molecule is C[C@@H](Cn1ccnc1)NCC1(c2cccc(F)c2)CCOCC1. The average molecular weight is 317 g/mol. The van der Waals surface area contributed by atoms with Crippen molar-refractivity contribution < 1.29 is 9.13 Å². The van der Waals surface area contributed by atoms with Crippen LogP contribution in [0.1, 0.15) is 25.3 Å². The summed E-state index contributed by atoms with van der Waals surface area (Å²) in [6.07, 6.45) is 7.42. The van der Waals surface area contributed by atoms with Crippen molar-refractivity contribution in [1.29, 1.82) is 0 Å². The van der Waals surface area contributed by atoms with Crippen LogP contribution in [-0.4, -0.2) is 35.4 Å². The van der Waals surface area contributed by atoms with Crippen molar-refractivity contribution in [3.63, 3.8) is 0 Å². The first-order valence-corrected chi connectivity index (χ1v) is 8.21. The molecule has 1 aromatic carbocycles. The number of benzene rings is 1. The van der Waals surface area contributed by atoms with E-state index in [2.05, 4.69) is 21.8 Å². The Hall–Kier alpha value is -1.72. The van der Waals surface area contributed by atoms with Crippen molar-refractivity contribution in [3.05, 3.63) is 54.4 Å². The van der Waals surface area contributed by atoms with Gasteiger partial charge >= 0.3 is 0 Å². The minimum Gasteiger partial charge on any atom is -0.381 e. The molecule has 1 atom stereocenters. The molecule has 0 radical (unpaired) electrons. The van der Waals surface area contributed by atoms with Crippen molar-refractivity contribution in [2.75, 3.05) is 19.8 Å². The van der Waals surface area contributed by atoms with E-state index in [9.17, 15) is 4.39 Å². The normalized spacial score (nSPS) is 18.7. The first-order chi connectivity index (χ1) is 11.2. The summed E-state index contributed by atoms with van der Waals surface area (Å²) in [7, 11) is 0. The number of nitrogens with one attached hydrogen (secondary N) is 1. The van der Waals surface area contributed by atoms with Gasteiger partial charge in [-0.3, -0.25) is 0 Å². The highest BCUT2D eigenvalue weighted by atomic mass is 19.1. The van der Waals surface area contributed by atoms with E-state index < -0.39 is 0 Å². The molecule has 0 saturated carbocycles. The Balaban J connectivity index is 1.69. The lowest BCUT2D eigenvalue weighted by molar-refractivity contribution is 0.0487. The molecule has 2 heterocycles. The van der Waals surface area contributed by atoms with Crippen molar-refractivity contribution in [1.82, 2.24) is 14.9 Å². The maximum Gasteiger partial charge on any atom is 0.123 e. The Kier molecular flexibility index (Phi) is 5.08. The van der Waals surface area contributed by atoms with Gasteiger partial charge in [-0.1, -0.05) is 12.1 Å². The summed E-state index contributed by atoms with van der Waals surface area (Å²) in [6, 6.07) is 7.34. The largest absolute Gasteiger partial charge is 0.381 e. The van der Waals surface area contributed by atoms with Gasteiger partial charge in [-0.25, -0.2) is 9.37 Å². The second-order valence-corrected chi connectivity index (χ2v) is 6.44. The zero-order valence-electron chi connectivity index (χ0n) is 13.5. The second-order valence-electron chi connectivity index (χ2n) is 6.44. The highest BCUT2D eigenvalue weighted by molar-refractivity contribution is 5.27. The van der Waals surface area contributed by atoms with E-state index in [0.29, 0.717) is 6.04 Å². The highest BCUT2D eigenvalue weighted by Crippen LogP contribution is 2.34. The lowest BCUT2D eigenvalue weighted by Gasteiger charge is -2.39. The molecule has 124 valence electrons. The van der Waals surface area contributed by atoms with Gasteiger partial charge in [0.25, 0.3) is 0 Å². The molecule has 1 aliphatic heterocycles. The Morgan fingerprint density at radius 1 is 1.39 bits per heavy atom. The van der Waals surface area contributed by atoms with Gasteiger partial charge in [0.15, 0.2) is 0 Å². The molecule has 2 aromatic rings. The standard InChI is InChI=1S/C18H24FN3O/c1-15(12-22-8-7-20-14-22)21-13-18(5-9-23-10-6-18)16-3-2-4-17(19)11-16/h2-4,7-8,11,14-15,21H,5-6,9-10,12-13H2,1H3/t15-/m0/s1. The van der Waals surface area contributed by atoms with Crippen LogP contribution in [0.5, 0.6) is 0 Å². The van der Waals surface area contributed by atoms with E-state index in [1.165, 1.54) is 6.07 Å². The van der Waals surface area contributed by atoms with Gasteiger partial charge in [0.05, 0.1) is 6.33 Å². The molecule has 1 aromatic heterocycles. The fourth-order valence-electron chi connectivity index (χ4n) is 3.29. The molecule has 0 amide bonds. The zero-order chi connectivity index (χ0) is 16.1. The van der Waals surface area contributed by atoms with Crippen LogP contribution < -0.4 is 5.32 Å². The molecule has 4 nitrogen and oxygen atoms in total. The number of nitrogens with zero attached hydrogens (tertiary/aromatic N) is 2. The molecule has 5 heteroatoms. The van der Waals surface area contributed by atoms with Crippen LogP contribution in [0.25, 0.3) is 0 Å². The molecule has 1 aliphatic rings. The third-order valence-corrected chi connectivity index (χ3v) is 4.72. The highest BCUT2D eigenvalue weighted by Gasteiger charge is 2.34. The number of ether oxygens (including phenoxy) is 1. The summed E-state index contributed by atoms with van der Waals surface area (Å²) >= 11 is 0. The zero-order valence-corrected chi connectivity index (χ0v) is 13.5. The van der Waals surface area contributed by atoms with Gasteiger partial charge in [0.2, 0.25) is 0 Å². The molecule has 3 rings (SSSR count). The first-order valence-electron chi connectivity index (χ1n) is 8.21. The maximum absolute atomic E-state index is 13.7. The fraction of sp³-hybridized carbons (Fsp3) is 0.500. The van der Waals surface area contributed by atoms with E-state index in [0.717, 1.165) is 44.7 Å². The second kappa shape index (κ2) is 7.23. The molecule has 0 aliphatic carbocycles. The quantitative estimate of drug-likeness (QED) is 0.890. The Bertz CT molecular complexity index is 608. The summed E-state index contributed by atoms with van der Waals surface area (Å²) < 4.78 is 21.3. The summed E-state index contributed by atoms with van der Waals surface area (Å²) in [5.41, 5.74) is 1.02. The lowest BCUT2D eigenvalue weighted by Crippen LogP contribution is -2.46. The topological polar surface area (TPSA) is 39.1 Å². The number of hydrogen-bond donors (Lipinski definition) is 1. The number of aromatic nitrogens is 2. The van der Waals surface area contributed by atoms with E-state index in [-0.39, 0.29) is 11.2 Å². The van der Waals surface area contributed by atoms with Crippen LogP contribution in [0.15, 0.2) is 43.0 Å². The summed E-state index contributed by atoms with van der Waals surface area (Å²) in [4.78, 5) is 4.07. The van der Waals surface area contributed by atoms with Gasteiger partial charge in [0.1, 0.15) is 5.82 Å². The summed E-state index contributed by atoms with van der Waals surface area (Å²) in [6.45, 7) is 5.33. The minimum absolute atomic E-state index is 0.0520. The van der Waals surface area contributed by atoms with Crippen molar-refractivity contribution >= 4 is 0 Å². The van der Waals surface area contributed by atoms with Crippen LogP contribution in [0.4, 0.5) is 4.39 Å². The molecular weight excluding hydrogens is 293 g/mol. The van der Waals surface area contributed by atoms with Crippen LogP contribution in [-0.2, 0) is 16.7 Å². The third-order valence-electron chi connectivity index (χ3n) is 4.72. The Labute approximate surface area is 136 Å². The van der Waals surface area contributed by atoms with Gasteiger partial charge in [-0.2, -0.15) is 0 Å².